The first-order chi connectivity index (χ1) is 9.05. The summed E-state index contributed by atoms with van der Waals surface area (Å²) >= 11 is 0. The molecule has 19 heavy (non-hydrogen) atoms. The van der Waals surface area contributed by atoms with Crippen molar-refractivity contribution in [2.24, 2.45) is 0 Å². The van der Waals surface area contributed by atoms with Crippen molar-refractivity contribution in [3.05, 3.63) is 12.7 Å². The second-order valence-corrected chi connectivity index (χ2v) is 5.46. The predicted molar refractivity (Wildman–Crippen MR) is 78.1 cm³/mol. The van der Waals surface area contributed by atoms with Crippen molar-refractivity contribution in [3.63, 3.8) is 0 Å². The molecule has 0 aliphatic carbocycles. The predicted octanol–water partition coefficient (Wildman–Crippen LogP) is 1.96. The fourth-order valence-electron chi connectivity index (χ4n) is 2.66. The fraction of sp³-hybridized carbons (Fsp3) is 0.800. The van der Waals surface area contributed by atoms with Gasteiger partial charge < -0.3 is 9.64 Å². The highest BCUT2D eigenvalue weighted by molar-refractivity contribution is 5.81. The number of nitrogens with zero attached hydrogens (tertiary/aromatic N) is 1. The van der Waals surface area contributed by atoms with Gasteiger partial charge in [0.1, 0.15) is 5.54 Å². The molecule has 1 saturated heterocycles. The Kier molecular flexibility index (Phi) is 6.52. The quantitative estimate of drug-likeness (QED) is 0.590. The van der Waals surface area contributed by atoms with Crippen LogP contribution in [0.15, 0.2) is 12.7 Å². The minimum atomic E-state index is -0.534. The first-order valence-electron chi connectivity index (χ1n) is 7.33. The number of carbonyl (C=O) groups is 1. The van der Waals surface area contributed by atoms with Crippen LogP contribution in [0.25, 0.3) is 0 Å². The summed E-state index contributed by atoms with van der Waals surface area (Å²) < 4.78 is 5.28. The van der Waals surface area contributed by atoms with Gasteiger partial charge in [-0.2, -0.15) is 0 Å². The summed E-state index contributed by atoms with van der Waals surface area (Å²) in [5.41, 5.74) is -0.534. The van der Waals surface area contributed by atoms with Gasteiger partial charge in [-0.15, -0.1) is 6.58 Å². The van der Waals surface area contributed by atoms with Crippen LogP contribution in [0.3, 0.4) is 0 Å². The van der Waals surface area contributed by atoms with E-state index in [1.54, 1.807) is 6.08 Å². The number of hydrogen-bond donors (Lipinski definition) is 1. The van der Waals surface area contributed by atoms with E-state index in [0.29, 0.717) is 19.2 Å². The second-order valence-electron chi connectivity index (χ2n) is 5.46. The van der Waals surface area contributed by atoms with Crippen LogP contribution in [-0.2, 0) is 9.53 Å². The monoisotopic (exact) mass is 268 g/mol. The molecule has 1 atom stereocenters. The highest BCUT2D eigenvalue weighted by Crippen LogP contribution is 2.25. The molecule has 110 valence electrons. The number of hydrogen-bond acceptors (Lipinski definition) is 4. The Morgan fingerprint density at radius 3 is 2.79 bits per heavy atom. The Hall–Kier alpha value is -0.870. The summed E-state index contributed by atoms with van der Waals surface area (Å²) in [7, 11) is 0. The zero-order chi connectivity index (χ0) is 14.3. The Balaban J connectivity index is 2.78. The normalized spacial score (nSPS) is 25.1. The number of ether oxygens (including phenoxy) is 1. The lowest BCUT2D eigenvalue weighted by Gasteiger charge is -2.31. The molecule has 0 radical (unpaired) electrons. The standard InChI is InChI=1S/C15H28N2O2/c1-5-10-16-15(14(18)19-6-2)8-7-11-17(12-9-15)13(3)4/h5,13,16H,1,6-12H2,2-4H3. The van der Waals surface area contributed by atoms with Crippen molar-refractivity contribution in [1.82, 2.24) is 10.2 Å². The highest BCUT2D eigenvalue weighted by Gasteiger charge is 2.40. The van der Waals surface area contributed by atoms with Gasteiger partial charge >= 0.3 is 5.97 Å². The van der Waals surface area contributed by atoms with Gasteiger partial charge in [-0.25, -0.2) is 0 Å². The average molecular weight is 268 g/mol. The van der Waals surface area contributed by atoms with Crippen LogP contribution in [-0.4, -0.2) is 48.7 Å². The topological polar surface area (TPSA) is 41.6 Å². The van der Waals surface area contributed by atoms with Crippen LogP contribution in [0.4, 0.5) is 0 Å². The van der Waals surface area contributed by atoms with Crippen molar-refractivity contribution >= 4 is 5.97 Å². The maximum absolute atomic E-state index is 12.3. The number of rotatable bonds is 6. The van der Waals surface area contributed by atoms with Crippen LogP contribution in [0.2, 0.25) is 0 Å². The van der Waals surface area contributed by atoms with E-state index in [1.807, 2.05) is 6.92 Å². The highest BCUT2D eigenvalue weighted by atomic mass is 16.5. The van der Waals surface area contributed by atoms with Gasteiger partial charge in [0, 0.05) is 19.1 Å². The molecule has 1 rings (SSSR count). The van der Waals surface area contributed by atoms with Crippen LogP contribution in [0, 0.1) is 0 Å². The van der Waals surface area contributed by atoms with Crippen LogP contribution in [0.1, 0.15) is 40.0 Å². The van der Waals surface area contributed by atoms with E-state index in [1.165, 1.54) is 0 Å². The molecule has 0 amide bonds. The van der Waals surface area contributed by atoms with E-state index in [9.17, 15) is 4.79 Å². The molecule has 1 N–H and O–H groups in total. The maximum Gasteiger partial charge on any atom is 0.326 e. The van der Waals surface area contributed by atoms with E-state index in [0.717, 1.165) is 32.4 Å². The Labute approximate surface area is 117 Å². The lowest BCUT2D eigenvalue weighted by molar-refractivity contribution is -0.151. The maximum atomic E-state index is 12.3. The van der Waals surface area contributed by atoms with Crippen molar-refractivity contribution in [1.29, 1.82) is 0 Å². The molecule has 0 aromatic heterocycles. The second kappa shape index (κ2) is 7.65. The molecular formula is C15H28N2O2. The van der Waals surface area contributed by atoms with Crippen molar-refractivity contribution in [2.75, 3.05) is 26.2 Å². The molecule has 4 heteroatoms. The van der Waals surface area contributed by atoms with E-state index in [-0.39, 0.29) is 5.97 Å². The third-order valence-corrected chi connectivity index (χ3v) is 3.86. The largest absolute Gasteiger partial charge is 0.465 e. The van der Waals surface area contributed by atoms with E-state index in [2.05, 4.69) is 30.6 Å². The molecule has 0 spiro atoms. The molecule has 1 aliphatic heterocycles. The summed E-state index contributed by atoms with van der Waals surface area (Å²) in [4.78, 5) is 14.7. The Morgan fingerprint density at radius 1 is 1.47 bits per heavy atom. The van der Waals surface area contributed by atoms with Crippen molar-refractivity contribution in [2.45, 2.75) is 51.6 Å². The fourth-order valence-corrected chi connectivity index (χ4v) is 2.66. The van der Waals surface area contributed by atoms with E-state index in [4.69, 9.17) is 4.74 Å². The zero-order valence-electron chi connectivity index (χ0n) is 12.6. The number of likely N-dealkylation sites (tertiary alicyclic amines) is 1. The summed E-state index contributed by atoms with van der Waals surface area (Å²) in [6.07, 6.45) is 4.45. The lowest BCUT2D eigenvalue weighted by Crippen LogP contribution is -2.53. The Morgan fingerprint density at radius 2 is 2.21 bits per heavy atom. The van der Waals surface area contributed by atoms with Gasteiger partial charge in [0.2, 0.25) is 0 Å². The summed E-state index contributed by atoms with van der Waals surface area (Å²) in [6.45, 7) is 13.0. The van der Waals surface area contributed by atoms with Gasteiger partial charge in [0.15, 0.2) is 0 Å². The molecular weight excluding hydrogens is 240 g/mol. The SMILES string of the molecule is C=CCNC1(C(=O)OCC)CCCN(C(C)C)CC1. The first-order valence-corrected chi connectivity index (χ1v) is 7.33. The van der Waals surface area contributed by atoms with Crippen LogP contribution < -0.4 is 5.32 Å². The summed E-state index contributed by atoms with van der Waals surface area (Å²) in [5, 5.41) is 3.35. The molecule has 1 unspecified atom stereocenters. The molecule has 0 saturated carbocycles. The number of carbonyl (C=O) groups excluding carboxylic acids is 1. The average Bonchev–Trinajstić information content (AvgIpc) is 2.60. The molecule has 1 heterocycles. The molecule has 0 bridgehead atoms. The summed E-state index contributed by atoms with van der Waals surface area (Å²) in [5.74, 6) is -0.109. The molecule has 4 nitrogen and oxygen atoms in total. The van der Waals surface area contributed by atoms with E-state index < -0.39 is 5.54 Å². The summed E-state index contributed by atoms with van der Waals surface area (Å²) in [6, 6.07) is 0.525. The lowest BCUT2D eigenvalue weighted by atomic mass is 9.90. The van der Waals surface area contributed by atoms with Gasteiger partial charge in [-0.05, 0) is 46.6 Å². The van der Waals surface area contributed by atoms with E-state index >= 15 is 0 Å². The van der Waals surface area contributed by atoms with Gasteiger partial charge in [0.05, 0.1) is 6.61 Å². The minimum absolute atomic E-state index is 0.109. The molecule has 1 fully saturated rings. The van der Waals surface area contributed by atoms with Crippen molar-refractivity contribution in [3.8, 4) is 0 Å². The third kappa shape index (κ3) is 4.32. The molecule has 0 aromatic rings. The van der Waals surface area contributed by atoms with Gasteiger partial charge in [-0.3, -0.25) is 10.1 Å². The minimum Gasteiger partial charge on any atom is -0.465 e. The van der Waals surface area contributed by atoms with Gasteiger partial charge in [-0.1, -0.05) is 6.08 Å². The third-order valence-electron chi connectivity index (χ3n) is 3.86. The molecule has 1 aliphatic rings. The zero-order valence-corrected chi connectivity index (χ0v) is 12.6. The van der Waals surface area contributed by atoms with Gasteiger partial charge in [0.25, 0.3) is 0 Å². The first kappa shape index (κ1) is 16.2. The van der Waals surface area contributed by atoms with Crippen LogP contribution in [0.5, 0.6) is 0 Å². The number of nitrogens with one attached hydrogen (secondary N) is 1. The van der Waals surface area contributed by atoms with Crippen LogP contribution >= 0.6 is 0 Å². The van der Waals surface area contributed by atoms with Crippen molar-refractivity contribution < 1.29 is 9.53 Å². The molecule has 0 aromatic carbocycles. The number of esters is 1. The Bertz CT molecular complexity index is 305. The smallest absolute Gasteiger partial charge is 0.326 e.